The molecule has 0 bridgehead atoms. The topological polar surface area (TPSA) is 57.7 Å². The van der Waals surface area contributed by atoms with Gasteiger partial charge in [0.2, 0.25) is 5.91 Å². The van der Waals surface area contributed by atoms with Crippen LogP contribution in [0.3, 0.4) is 0 Å². The Morgan fingerprint density at radius 3 is 2.79 bits per heavy atom. The molecule has 4 rings (SSSR count). The van der Waals surface area contributed by atoms with Gasteiger partial charge in [0.25, 0.3) is 0 Å². The third kappa shape index (κ3) is 4.45. The van der Waals surface area contributed by atoms with Crippen LogP contribution < -0.4 is 15.0 Å². The minimum atomic E-state index is -0.0260. The monoisotopic (exact) mass is 460 g/mol. The van der Waals surface area contributed by atoms with Crippen LogP contribution in [0.15, 0.2) is 46.9 Å². The van der Waals surface area contributed by atoms with E-state index in [-0.39, 0.29) is 5.91 Å². The SMILES string of the molecule is COc1ccc2nc(NC(=O)CN3CCN(c4cccc(Br)c4)CC3)sc2c1. The van der Waals surface area contributed by atoms with Crippen LogP contribution in [0, 0.1) is 0 Å². The molecule has 1 aliphatic rings. The van der Waals surface area contributed by atoms with E-state index in [2.05, 4.69) is 48.2 Å². The number of benzene rings is 2. The number of piperazine rings is 1. The quantitative estimate of drug-likeness (QED) is 0.626. The van der Waals surface area contributed by atoms with Gasteiger partial charge < -0.3 is 15.0 Å². The van der Waals surface area contributed by atoms with Crippen molar-refractivity contribution in [1.29, 1.82) is 0 Å². The fourth-order valence-electron chi connectivity index (χ4n) is 3.28. The van der Waals surface area contributed by atoms with Crippen LogP contribution in [0.4, 0.5) is 10.8 Å². The maximum atomic E-state index is 12.4. The summed E-state index contributed by atoms with van der Waals surface area (Å²) >= 11 is 4.99. The highest BCUT2D eigenvalue weighted by atomic mass is 79.9. The van der Waals surface area contributed by atoms with Crippen molar-refractivity contribution in [3.05, 3.63) is 46.9 Å². The van der Waals surface area contributed by atoms with E-state index in [0.29, 0.717) is 11.7 Å². The number of carbonyl (C=O) groups excluding carboxylic acids is 1. The minimum absolute atomic E-state index is 0.0260. The third-order valence-electron chi connectivity index (χ3n) is 4.75. The van der Waals surface area contributed by atoms with Crippen molar-refractivity contribution in [3.8, 4) is 5.75 Å². The van der Waals surface area contributed by atoms with Crippen molar-refractivity contribution >= 4 is 54.2 Å². The number of aromatic nitrogens is 1. The number of rotatable bonds is 5. The van der Waals surface area contributed by atoms with E-state index in [1.807, 2.05) is 30.3 Å². The number of thiazole rings is 1. The van der Waals surface area contributed by atoms with E-state index in [1.165, 1.54) is 17.0 Å². The summed E-state index contributed by atoms with van der Waals surface area (Å²) in [7, 11) is 1.64. The van der Waals surface area contributed by atoms with Gasteiger partial charge in [-0.05, 0) is 36.4 Å². The molecular weight excluding hydrogens is 440 g/mol. The van der Waals surface area contributed by atoms with Crippen molar-refractivity contribution in [2.24, 2.45) is 0 Å². The second-order valence-electron chi connectivity index (χ2n) is 6.64. The van der Waals surface area contributed by atoms with Gasteiger partial charge in [0, 0.05) is 36.3 Å². The second kappa shape index (κ2) is 8.46. The first-order chi connectivity index (χ1) is 13.6. The lowest BCUT2D eigenvalue weighted by atomic mass is 10.2. The normalized spacial score (nSPS) is 15.0. The van der Waals surface area contributed by atoms with Gasteiger partial charge in [0.15, 0.2) is 5.13 Å². The molecule has 0 spiro atoms. The molecule has 1 amide bonds. The summed E-state index contributed by atoms with van der Waals surface area (Å²) in [5.74, 6) is 0.763. The Balaban J connectivity index is 1.31. The Bertz CT molecular complexity index is 985. The number of halogens is 1. The van der Waals surface area contributed by atoms with E-state index >= 15 is 0 Å². The first kappa shape index (κ1) is 19.2. The zero-order valence-corrected chi connectivity index (χ0v) is 17.9. The largest absolute Gasteiger partial charge is 0.497 e. The minimum Gasteiger partial charge on any atom is -0.497 e. The van der Waals surface area contributed by atoms with Gasteiger partial charge in [-0.2, -0.15) is 0 Å². The number of methoxy groups -OCH3 is 1. The Morgan fingerprint density at radius 1 is 1.21 bits per heavy atom. The van der Waals surface area contributed by atoms with Gasteiger partial charge >= 0.3 is 0 Å². The van der Waals surface area contributed by atoms with Crippen LogP contribution in [0.1, 0.15) is 0 Å². The molecule has 2 aromatic carbocycles. The van der Waals surface area contributed by atoms with Crippen molar-refractivity contribution in [2.45, 2.75) is 0 Å². The van der Waals surface area contributed by atoms with E-state index in [9.17, 15) is 4.79 Å². The number of hydrogen-bond donors (Lipinski definition) is 1. The molecule has 6 nitrogen and oxygen atoms in total. The molecule has 0 atom stereocenters. The smallest absolute Gasteiger partial charge is 0.240 e. The predicted molar refractivity (Wildman–Crippen MR) is 118 cm³/mol. The lowest BCUT2D eigenvalue weighted by Crippen LogP contribution is -2.48. The molecule has 0 saturated carbocycles. The lowest BCUT2D eigenvalue weighted by Gasteiger charge is -2.35. The highest BCUT2D eigenvalue weighted by Crippen LogP contribution is 2.29. The van der Waals surface area contributed by atoms with Crippen LogP contribution in [0.2, 0.25) is 0 Å². The number of nitrogens with one attached hydrogen (secondary N) is 1. The van der Waals surface area contributed by atoms with Crippen molar-refractivity contribution in [2.75, 3.05) is 50.1 Å². The lowest BCUT2D eigenvalue weighted by molar-refractivity contribution is -0.117. The molecule has 1 aliphatic heterocycles. The highest BCUT2D eigenvalue weighted by molar-refractivity contribution is 9.10. The highest BCUT2D eigenvalue weighted by Gasteiger charge is 2.20. The Kier molecular flexibility index (Phi) is 5.79. The first-order valence-electron chi connectivity index (χ1n) is 9.08. The molecule has 1 saturated heterocycles. The van der Waals surface area contributed by atoms with Gasteiger partial charge in [-0.15, -0.1) is 0 Å². The average Bonchev–Trinajstić information content (AvgIpc) is 3.09. The summed E-state index contributed by atoms with van der Waals surface area (Å²) < 4.78 is 7.32. The summed E-state index contributed by atoms with van der Waals surface area (Å²) in [6, 6.07) is 14.0. The second-order valence-corrected chi connectivity index (χ2v) is 8.59. The number of nitrogens with zero attached hydrogens (tertiary/aromatic N) is 3. The molecule has 28 heavy (non-hydrogen) atoms. The number of carbonyl (C=O) groups is 1. The number of fused-ring (bicyclic) bond motifs is 1. The van der Waals surface area contributed by atoms with E-state index in [1.54, 1.807) is 7.11 Å². The van der Waals surface area contributed by atoms with E-state index in [0.717, 1.165) is 46.6 Å². The molecule has 1 N–H and O–H groups in total. The fraction of sp³-hybridized carbons (Fsp3) is 0.300. The molecule has 0 radical (unpaired) electrons. The average molecular weight is 461 g/mol. The van der Waals surface area contributed by atoms with Gasteiger partial charge in [-0.25, -0.2) is 4.98 Å². The molecular formula is C20H21BrN4O2S. The van der Waals surface area contributed by atoms with Gasteiger partial charge in [0.05, 0.1) is 23.9 Å². The molecule has 0 unspecified atom stereocenters. The van der Waals surface area contributed by atoms with Crippen LogP contribution >= 0.6 is 27.3 Å². The molecule has 3 aromatic rings. The molecule has 8 heteroatoms. The molecule has 2 heterocycles. The number of ether oxygens (including phenoxy) is 1. The molecule has 0 aliphatic carbocycles. The van der Waals surface area contributed by atoms with Crippen LogP contribution in [0.25, 0.3) is 10.2 Å². The van der Waals surface area contributed by atoms with Gasteiger partial charge in [-0.1, -0.05) is 33.3 Å². The molecule has 1 aromatic heterocycles. The number of amides is 1. The standard InChI is InChI=1S/C20H21BrN4O2S/c1-27-16-5-6-17-18(12-16)28-20(22-17)23-19(26)13-24-7-9-25(10-8-24)15-4-2-3-14(21)11-15/h2-6,11-12H,7-10,13H2,1H3,(H,22,23,26). The van der Waals surface area contributed by atoms with Crippen LogP contribution in [-0.4, -0.2) is 55.6 Å². The first-order valence-corrected chi connectivity index (χ1v) is 10.7. The summed E-state index contributed by atoms with van der Waals surface area (Å²) in [5, 5.41) is 3.56. The summed E-state index contributed by atoms with van der Waals surface area (Å²) in [4.78, 5) is 21.5. The van der Waals surface area contributed by atoms with E-state index in [4.69, 9.17) is 4.74 Å². The van der Waals surface area contributed by atoms with Gasteiger partial charge in [-0.3, -0.25) is 9.69 Å². The van der Waals surface area contributed by atoms with Crippen LogP contribution in [0.5, 0.6) is 5.75 Å². The van der Waals surface area contributed by atoms with Crippen molar-refractivity contribution in [3.63, 3.8) is 0 Å². The van der Waals surface area contributed by atoms with Crippen molar-refractivity contribution < 1.29 is 9.53 Å². The third-order valence-corrected chi connectivity index (χ3v) is 6.18. The Hall–Kier alpha value is -2.16. The Labute approximate surface area is 176 Å². The van der Waals surface area contributed by atoms with Crippen LogP contribution in [-0.2, 0) is 4.79 Å². The number of anilines is 2. The predicted octanol–water partition coefficient (Wildman–Crippen LogP) is 3.83. The summed E-state index contributed by atoms with van der Waals surface area (Å²) in [6.07, 6.45) is 0. The maximum absolute atomic E-state index is 12.4. The Morgan fingerprint density at radius 2 is 2.04 bits per heavy atom. The zero-order chi connectivity index (χ0) is 19.5. The number of hydrogen-bond acceptors (Lipinski definition) is 6. The maximum Gasteiger partial charge on any atom is 0.240 e. The summed E-state index contributed by atoms with van der Waals surface area (Å²) in [5.41, 5.74) is 2.08. The van der Waals surface area contributed by atoms with Gasteiger partial charge in [0.1, 0.15) is 5.75 Å². The summed E-state index contributed by atoms with van der Waals surface area (Å²) in [6.45, 7) is 3.91. The fourth-order valence-corrected chi connectivity index (χ4v) is 4.58. The zero-order valence-electron chi connectivity index (χ0n) is 15.5. The van der Waals surface area contributed by atoms with Crippen molar-refractivity contribution in [1.82, 2.24) is 9.88 Å². The van der Waals surface area contributed by atoms with E-state index < -0.39 is 0 Å². The molecule has 146 valence electrons. The molecule has 1 fully saturated rings.